The van der Waals surface area contributed by atoms with Gasteiger partial charge in [-0.05, 0) is 37.0 Å². The number of carbonyl (C=O) groups is 1. The third-order valence-corrected chi connectivity index (χ3v) is 3.97. The van der Waals surface area contributed by atoms with Crippen molar-refractivity contribution in [2.75, 3.05) is 6.26 Å². The molecule has 0 amide bonds. The minimum atomic E-state index is -3.25. The second-order valence-electron chi connectivity index (χ2n) is 4.25. The number of hydrogen-bond donors (Lipinski definition) is 0. The maximum absolute atomic E-state index is 12.1. The van der Waals surface area contributed by atoms with E-state index in [0.717, 1.165) is 31.1 Å². The van der Waals surface area contributed by atoms with Gasteiger partial charge in [-0.15, -0.1) is 0 Å². The number of rotatable bonds is 3. The second kappa shape index (κ2) is 4.45. The van der Waals surface area contributed by atoms with Crippen molar-refractivity contribution in [2.24, 2.45) is 0 Å². The molecule has 1 aromatic carbocycles. The summed E-state index contributed by atoms with van der Waals surface area (Å²) in [5.41, 5.74) is 1.26. The molecular weight excluding hydrogens is 236 g/mol. The number of Topliss-reactive ketones (excluding diaryl/α,β-unsaturated/α-hetero) is 1. The number of benzene rings is 1. The van der Waals surface area contributed by atoms with Crippen LogP contribution < -0.4 is 0 Å². The zero-order chi connectivity index (χ0) is 12.5. The molecule has 0 fully saturated rings. The van der Waals surface area contributed by atoms with E-state index in [1.807, 2.05) is 6.08 Å². The second-order valence-corrected chi connectivity index (χ2v) is 6.27. The minimum absolute atomic E-state index is 0.0481. The van der Waals surface area contributed by atoms with Crippen molar-refractivity contribution in [3.05, 3.63) is 41.5 Å². The predicted octanol–water partition coefficient (Wildman–Crippen LogP) is 2.38. The van der Waals surface area contributed by atoms with Crippen molar-refractivity contribution >= 4 is 15.6 Å². The summed E-state index contributed by atoms with van der Waals surface area (Å²) in [6.07, 6.45) is 5.82. The molecule has 0 saturated carbocycles. The number of ketones is 1. The Labute approximate surface area is 101 Å². The van der Waals surface area contributed by atoms with E-state index >= 15 is 0 Å². The molecule has 0 bridgehead atoms. The molecule has 0 saturated heterocycles. The Balaban J connectivity index is 2.37. The van der Waals surface area contributed by atoms with Gasteiger partial charge in [0.1, 0.15) is 0 Å². The van der Waals surface area contributed by atoms with Gasteiger partial charge in [0.05, 0.1) is 4.90 Å². The lowest BCUT2D eigenvalue weighted by Crippen LogP contribution is -2.04. The van der Waals surface area contributed by atoms with Crippen LogP contribution in [0.5, 0.6) is 0 Å². The van der Waals surface area contributed by atoms with Crippen LogP contribution in [0.4, 0.5) is 0 Å². The summed E-state index contributed by atoms with van der Waals surface area (Å²) in [7, 11) is -3.25. The zero-order valence-electron chi connectivity index (χ0n) is 9.64. The average molecular weight is 250 g/mol. The molecule has 17 heavy (non-hydrogen) atoms. The molecule has 0 N–H and O–H groups in total. The number of sulfone groups is 1. The van der Waals surface area contributed by atoms with Gasteiger partial charge in [0.15, 0.2) is 15.6 Å². The van der Waals surface area contributed by atoms with Crippen molar-refractivity contribution in [1.29, 1.82) is 0 Å². The van der Waals surface area contributed by atoms with Gasteiger partial charge in [0, 0.05) is 11.8 Å². The van der Waals surface area contributed by atoms with Crippen LogP contribution >= 0.6 is 0 Å². The fraction of sp³-hybridized carbons (Fsp3) is 0.308. The fourth-order valence-electron chi connectivity index (χ4n) is 1.93. The summed E-state index contributed by atoms with van der Waals surface area (Å²) < 4.78 is 22.8. The van der Waals surface area contributed by atoms with Crippen LogP contribution in [0.1, 0.15) is 29.6 Å². The van der Waals surface area contributed by atoms with Crippen molar-refractivity contribution in [2.45, 2.75) is 24.2 Å². The van der Waals surface area contributed by atoms with Gasteiger partial charge < -0.3 is 0 Å². The SMILES string of the molecule is CS(=O)(=O)c1cccc(C(=O)C2=CCCC2)c1. The van der Waals surface area contributed by atoms with Gasteiger partial charge in [-0.25, -0.2) is 8.42 Å². The Morgan fingerprint density at radius 3 is 2.65 bits per heavy atom. The normalized spacial score (nSPS) is 15.7. The lowest BCUT2D eigenvalue weighted by atomic mass is 10.0. The fourth-order valence-corrected chi connectivity index (χ4v) is 2.60. The van der Waals surface area contributed by atoms with E-state index in [0.29, 0.717) is 5.56 Å². The van der Waals surface area contributed by atoms with Gasteiger partial charge in [-0.3, -0.25) is 4.79 Å². The van der Waals surface area contributed by atoms with Crippen LogP contribution in [-0.4, -0.2) is 20.5 Å². The third kappa shape index (κ3) is 2.64. The Morgan fingerprint density at radius 2 is 2.06 bits per heavy atom. The molecule has 0 unspecified atom stereocenters. The standard InChI is InChI=1S/C13H14O3S/c1-17(15,16)12-8-4-7-11(9-12)13(14)10-5-2-3-6-10/h4-5,7-9H,2-3,6H2,1H3. The molecule has 1 aromatic rings. The molecule has 2 rings (SSSR count). The molecule has 0 spiro atoms. The minimum Gasteiger partial charge on any atom is -0.289 e. The Kier molecular flexibility index (Phi) is 3.15. The summed E-state index contributed by atoms with van der Waals surface area (Å²) in [5, 5.41) is 0. The summed E-state index contributed by atoms with van der Waals surface area (Å²) in [4.78, 5) is 12.3. The topological polar surface area (TPSA) is 51.2 Å². The monoisotopic (exact) mass is 250 g/mol. The maximum atomic E-state index is 12.1. The molecule has 0 aromatic heterocycles. The molecule has 0 aliphatic heterocycles. The Hall–Kier alpha value is -1.42. The van der Waals surface area contributed by atoms with E-state index in [4.69, 9.17) is 0 Å². The summed E-state index contributed by atoms with van der Waals surface area (Å²) in [5.74, 6) is -0.0481. The lowest BCUT2D eigenvalue weighted by molar-refractivity contribution is 0.103. The van der Waals surface area contributed by atoms with Gasteiger partial charge in [-0.2, -0.15) is 0 Å². The van der Waals surface area contributed by atoms with E-state index in [1.54, 1.807) is 12.1 Å². The molecule has 1 aliphatic rings. The van der Waals surface area contributed by atoms with E-state index < -0.39 is 9.84 Å². The van der Waals surface area contributed by atoms with Crippen LogP contribution in [0.15, 0.2) is 40.8 Å². The van der Waals surface area contributed by atoms with Crippen molar-refractivity contribution in [3.63, 3.8) is 0 Å². The van der Waals surface area contributed by atoms with Crippen LogP contribution in [-0.2, 0) is 9.84 Å². The summed E-state index contributed by atoms with van der Waals surface area (Å²) in [6.45, 7) is 0. The van der Waals surface area contributed by atoms with Gasteiger partial charge in [0.25, 0.3) is 0 Å². The van der Waals surface area contributed by atoms with E-state index in [-0.39, 0.29) is 10.7 Å². The molecule has 90 valence electrons. The van der Waals surface area contributed by atoms with Crippen LogP contribution in [0.25, 0.3) is 0 Å². The maximum Gasteiger partial charge on any atom is 0.188 e. The molecule has 4 heteroatoms. The third-order valence-electron chi connectivity index (χ3n) is 2.86. The molecule has 0 atom stereocenters. The first-order valence-electron chi connectivity index (χ1n) is 5.52. The van der Waals surface area contributed by atoms with E-state index in [2.05, 4.69) is 0 Å². The van der Waals surface area contributed by atoms with E-state index in [1.165, 1.54) is 12.1 Å². The number of carbonyl (C=O) groups excluding carboxylic acids is 1. The molecule has 3 nitrogen and oxygen atoms in total. The first kappa shape index (κ1) is 12.0. The smallest absolute Gasteiger partial charge is 0.188 e. The highest BCUT2D eigenvalue weighted by Crippen LogP contribution is 2.22. The highest BCUT2D eigenvalue weighted by atomic mass is 32.2. The average Bonchev–Trinajstić information content (AvgIpc) is 2.80. The molecule has 0 radical (unpaired) electrons. The molecular formula is C13H14O3S. The number of hydrogen-bond acceptors (Lipinski definition) is 3. The van der Waals surface area contributed by atoms with Crippen molar-refractivity contribution in [3.8, 4) is 0 Å². The zero-order valence-corrected chi connectivity index (χ0v) is 10.5. The van der Waals surface area contributed by atoms with Crippen molar-refractivity contribution in [1.82, 2.24) is 0 Å². The summed E-state index contributed by atoms with van der Waals surface area (Å²) in [6, 6.07) is 6.24. The Bertz CT molecular complexity index is 582. The highest BCUT2D eigenvalue weighted by Gasteiger charge is 2.17. The highest BCUT2D eigenvalue weighted by molar-refractivity contribution is 7.90. The lowest BCUT2D eigenvalue weighted by Gasteiger charge is -2.04. The van der Waals surface area contributed by atoms with Gasteiger partial charge >= 0.3 is 0 Å². The van der Waals surface area contributed by atoms with Crippen LogP contribution in [0.3, 0.4) is 0 Å². The largest absolute Gasteiger partial charge is 0.289 e. The van der Waals surface area contributed by atoms with Crippen LogP contribution in [0, 0.1) is 0 Å². The van der Waals surface area contributed by atoms with Crippen LogP contribution in [0.2, 0.25) is 0 Å². The first-order valence-corrected chi connectivity index (χ1v) is 7.41. The molecule has 1 aliphatic carbocycles. The van der Waals surface area contributed by atoms with Crippen molar-refractivity contribution < 1.29 is 13.2 Å². The summed E-state index contributed by atoms with van der Waals surface area (Å²) >= 11 is 0. The first-order chi connectivity index (χ1) is 7.98. The van der Waals surface area contributed by atoms with Gasteiger partial charge in [-0.1, -0.05) is 18.2 Å². The van der Waals surface area contributed by atoms with E-state index in [9.17, 15) is 13.2 Å². The number of allylic oxidation sites excluding steroid dienone is 2. The quantitative estimate of drug-likeness (QED) is 0.774. The van der Waals surface area contributed by atoms with Gasteiger partial charge in [0.2, 0.25) is 0 Å². The predicted molar refractivity (Wildman–Crippen MR) is 65.8 cm³/mol. The Morgan fingerprint density at radius 1 is 1.29 bits per heavy atom. The molecule has 0 heterocycles.